The van der Waals surface area contributed by atoms with Crippen molar-refractivity contribution in [3.05, 3.63) is 65.2 Å². The number of fused-ring (bicyclic) bond motifs is 1. The normalized spacial score (nSPS) is 19.1. The molecule has 2 saturated heterocycles. The highest BCUT2D eigenvalue weighted by Gasteiger charge is 2.42. The Bertz CT molecular complexity index is 1810. The summed E-state index contributed by atoms with van der Waals surface area (Å²) in [4.78, 5) is 19.7. The van der Waals surface area contributed by atoms with E-state index in [1.165, 1.54) is 17.3 Å². The molecule has 1 aliphatic carbocycles. The number of oxazole rings is 1. The van der Waals surface area contributed by atoms with E-state index in [0.717, 1.165) is 80.5 Å². The van der Waals surface area contributed by atoms with Crippen molar-refractivity contribution in [3.8, 4) is 28.3 Å². The molecule has 1 atom stereocenters. The van der Waals surface area contributed by atoms with Gasteiger partial charge in [0.25, 0.3) is 0 Å². The Morgan fingerprint density at radius 1 is 1.08 bits per heavy atom. The summed E-state index contributed by atoms with van der Waals surface area (Å²) in [6.07, 6.45) is 5.90. The van der Waals surface area contributed by atoms with Gasteiger partial charge < -0.3 is 34.5 Å². The van der Waals surface area contributed by atoms with Crippen LogP contribution in [0.15, 0.2) is 52.9 Å². The molecule has 1 aromatic heterocycles. The van der Waals surface area contributed by atoms with Crippen molar-refractivity contribution in [2.24, 2.45) is 5.41 Å². The molecule has 0 bridgehead atoms. The summed E-state index contributed by atoms with van der Waals surface area (Å²) in [7, 11) is 0. The first-order valence-electron chi connectivity index (χ1n) is 17.3. The van der Waals surface area contributed by atoms with Crippen LogP contribution in [0.5, 0.6) is 5.75 Å². The highest BCUT2D eigenvalue weighted by atomic mass is 19.3. The van der Waals surface area contributed by atoms with Crippen LogP contribution in [0, 0.1) is 19.3 Å². The number of nitrogens with one attached hydrogen (secondary N) is 2. The third-order valence-corrected chi connectivity index (χ3v) is 10.6. The van der Waals surface area contributed by atoms with Crippen molar-refractivity contribution in [3.63, 3.8) is 0 Å². The molecule has 7 rings (SSSR count). The average molecular weight is 675 g/mol. The van der Waals surface area contributed by atoms with Gasteiger partial charge in [-0.2, -0.15) is 8.78 Å². The number of benzene rings is 3. The number of aliphatic hydroxyl groups excluding tert-OH is 1. The van der Waals surface area contributed by atoms with Gasteiger partial charge in [0.1, 0.15) is 23.9 Å². The second kappa shape index (κ2) is 14.0. The minimum atomic E-state index is -3.06. The van der Waals surface area contributed by atoms with Gasteiger partial charge >= 0.3 is 12.6 Å². The fourth-order valence-corrected chi connectivity index (χ4v) is 7.24. The Morgan fingerprint density at radius 2 is 1.82 bits per heavy atom. The van der Waals surface area contributed by atoms with Gasteiger partial charge in [-0.15, -0.1) is 0 Å². The molecular weight excluding hydrogens is 630 g/mol. The van der Waals surface area contributed by atoms with Crippen LogP contribution in [-0.4, -0.2) is 67.5 Å². The van der Waals surface area contributed by atoms with Crippen LogP contribution in [-0.2, 0) is 16.1 Å². The number of aliphatic hydroxyl groups is 1. The van der Waals surface area contributed by atoms with Crippen LogP contribution in [0.1, 0.15) is 55.2 Å². The Balaban J connectivity index is 1.11. The number of aromatic nitrogens is 1. The molecular formula is C38H44F2N4O5. The monoisotopic (exact) mass is 674 g/mol. The molecule has 49 heavy (non-hydrogen) atoms. The van der Waals surface area contributed by atoms with Crippen molar-refractivity contribution in [1.82, 2.24) is 15.6 Å². The molecule has 1 saturated carbocycles. The van der Waals surface area contributed by atoms with Gasteiger partial charge in [0.05, 0.1) is 0 Å². The van der Waals surface area contributed by atoms with Crippen LogP contribution in [0.4, 0.5) is 14.5 Å². The summed E-state index contributed by atoms with van der Waals surface area (Å²) in [5, 5.41) is 16.5. The molecule has 4 aromatic rings. The van der Waals surface area contributed by atoms with E-state index >= 15 is 0 Å². The second-order valence-corrected chi connectivity index (χ2v) is 13.8. The number of ether oxygens (including phenoxy) is 2. The number of hydrogen-bond acceptors (Lipinski definition) is 9. The minimum absolute atomic E-state index is 0.115. The van der Waals surface area contributed by atoms with Crippen LogP contribution in [0.2, 0.25) is 0 Å². The predicted octanol–water partition coefficient (Wildman–Crippen LogP) is 6.51. The summed E-state index contributed by atoms with van der Waals surface area (Å²) >= 11 is 0. The quantitative estimate of drug-likeness (QED) is 0.145. The van der Waals surface area contributed by atoms with Gasteiger partial charge in [0.2, 0.25) is 5.89 Å². The number of anilines is 1. The fraction of sp³-hybridized carbons (Fsp3) is 0.474. The Kier molecular flexibility index (Phi) is 9.59. The fourth-order valence-electron chi connectivity index (χ4n) is 7.24. The first kappa shape index (κ1) is 33.4. The topological polar surface area (TPSA) is 109 Å². The van der Waals surface area contributed by atoms with Gasteiger partial charge in [-0.05, 0) is 99.4 Å². The number of hydrogen-bond donors (Lipinski definition) is 3. The SMILES string of the molecule is Cc1c(-c2nc3cc(COC(=O)[C@@H]4CCCN4)c(OC(F)F)cc3o2)cccc1-c1cccc(N2CCC(NCC3(CO)CC3)CC2)c1C. The van der Waals surface area contributed by atoms with Crippen LogP contribution in [0.3, 0.4) is 0 Å². The van der Waals surface area contributed by atoms with E-state index in [1.807, 2.05) is 19.1 Å². The van der Waals surface area contributed by atoms with Gasteiger partial charge in [-0.3, -0.25) is 4.79 Å². The maximum Gasteiger partial charge on any atom is 0.387 e. The largest absolute Gasteiger partial charge is 0.460 e. The number of nitrogens with zero attached hydrogens (tertiary/aromatic N) is 2. The second-order valence-electron chi connectivity index (χ2n) is 13.8. The molecule has 260 valence electrons. The van der Waals surface area contributed by atoms with Crippen molar-refractivity contribution in [2.45, 2.75) is 77.7 Å². The third-order valence-electron chi connectivity index (χ3n) is 10.6. The lowest BCUT2D eigenvalue weighted by Gasteiger charge is -2.36. The predicted molar refractivity (Wildman–Crippen MR) is 184 cm³/mol. The van der Waals surface area contributed by atoms with Crippen LogP contribution in [0.25, 0.3) is 33.7 Å². The van der Waals surface area contributed by atoms with E-state index in [-0.39, 0.29) is 29.9 Å². The van der Waals surface area contributed by atoms with Crippen molar-refractivity contribution in [2.75, 3.05) is 37.7 Å². The van der Waals surface area contributed by atoms with E-state index < -0.39 is 18.6 Å². The molecule has 3 aromatic carbocycles. The van der Waals surface area contributed by atoms with E-state index in [1.54, 1.807) is 6.07 Å². The highest BCUT2D eigenvalue weighted by molar-refractivity contribution is 5.84. The number of alkyl halides is 2. The van der Waals surface area contributed by atoms with Crippen LogP contribution < -0.4 is 20.3 Å². The van der Waals surface area contributed by atoms with Crippen molar-refractivity contribution >= 4 is 22.8 Å². The number of esters is 1. The Hall–Kier alpha value is -4.06. The molecule has 9 nitrogen and oxygen atoms in total. The van der Waals surface area contributed by atoms with Crippen molar-refractivity contribution < 1.29 is 32.6 Å². The molecule has 3 fully saturated rings. The van der Waals surface area contributed by atoms with Gasteiger partial charge in [-0.25, -0.2) is 4.98 Å². The molecule has 0 spiro atoms. The first-order chi connectivity index (χ1) is 23.7. The van der Waals surface area contributed by atoms with Gasteiger partial charge in [0, 0.05) is 60.6 Å². The minimum Gasteiger partial charge on any atom is -0.460 e. The molecule has 3 heterocycles. The molecule has 0 radical (unpaired) electrons. The third kappa shape index (κ3) is 7.15. The summed E-state index contributed by atoms with van der Waals surface area (Å²) in [6, 6.07) is 15.5. The number of halogens is 2. The Labute approximate surface area is 285 Å². The molecule has 3 N–H and O–H groups in total. The summed E-state index contributed by atoms with van der Waals surface area (Å²) in [6.45, 7) is 4.76. The lowest BCUT2D eigenvalue weighted by Crippen LogP contribution is -2.44. The molecule has 2 aliphatic heterocycles. The zero-order valence-electron chi connectivity index (χ0n) is 28.1. The smallest absolute Gasteiger partial charge is 0.387 e. The number of rotatable bonds is 12. The maximum absolute atomic E-state index is 13.4. The molecule has 0 amide bonds. The number of carbonyl (C=O) groups excluding carboxylic acids is 1. The summed E-state index contributed by atoms with van der Waals surface area (Å²) in [5.41, 5.74) is 7.52. The lowest BCUT2D eigenvalue weighted by atomic mass is 9.92. The number of carbonyl (C=O) groups is 1. The average Bonchev–Trinajstić information content (AvgIpc) is 3.45. The summed E-state index contributed by atoms with van der Waals surface area (Å²) in [5.74, 6) is -0.179. The van der Waals surface area contributed by atoms with E-state index in [9.17, 15) is 18.7 Å². The zero-order chi connectivity index (χ0) is 34.1. The van der Waals surface area contributed by atoms with Crippen LogP contribution >= 0.6 is 0 Å². The van der Waals surface area contributed by atoms with E-state index in [4.69, 9.17) is 18.9 Å². The first-order valence-corrected chi connectivity index (χ1v) is 17.3. The number of piperidine rings is 1. The zero-order valence-corrected chi connectivity index (χ0v) is 28.1. The molecule has 3 aliphatic rings. The molecule has 11 heteroatoms. The maximum atomic E-state index is 13.4. The van der Waals surface area contributed by atoms with Gasteiger partial charge in [-0.1, -0.05) is 24.3 Å². The highest BCUT2D eigenvalue weighted by Crippen LogP contribution is 2.44. The van der Waals surface area contributed by atoms with Gasteiger partial charge in [0.15, 0.2) is 5.58 Å². The van der Waals surface area contributed by atoms with Crippen molar-refractivity contribution in [1.29, 1.82) is 0 Å². The molecule has 0 unspecified atom stereocenters. The summed E-state index contributed by atoms with van der Waals surface area (Å²) < 4.78 is 43.1. The van der Waals surface area contributed by atoms with E-state index in [2.05, 4.69) is 46.7 Å². The standard InChI is InChI=1S/C38H44F2N4O5/c1-23-27(28-7-4-10-32(24(28)2)44-16-11-26(12-17-44)42-21-38(22-45)13-14-38)6-3-8-29(23)35-43-31-18-25(20-47-36(46)30-9-5-15-41-30)33(49-37(39)40)19-34(31)48-35/h3-4,6-8,10,18-19,26,30,37,41-42,45H,5,9,11-17,20-22H2,1-2H3/t30-/m0/s1. The Morgan fingerprint density at radius 3 is 2.51 bits per heavy atom. The lowest BCUT2D eigenvalue weighted by molar-refractivity contribution is -0.147. The van der Waals surface area contributed by atoms with E-state index in [0.29, 0.717) is 29.5 Å².